The fourth-order valence-corrected chi connectivity index (χ4v) is 6.13. The Balaban J connectivity index is 1.84. The highest BCUT2D eigenvalue weighted by Crippen LogP contribution is 2.25. The molecule has 0 aliphatic carbocycles. The Morgan fingerprint density at radius 2 is 1.68 bits per heavy atom. The van der Waals surface area contributed by atoms with E-state index >= 15 is 0 Å². The number of halogens is 1. The quantitative estimate of drug-likeness (QED) is 0.484. The molecule has 1 heterocycles. The molecule has 9 heteroatoms. The Kier molecular flexibility index (Phi) is 9.47. The molecule has 0 radical (unpaired) electrons. The summed E-state index contributed by atoms with van der Waals surface area (Å²) in [6.07, 6.45) is 1.70. The highest BCUT2D eigenvalue weighted by molar-refractivity contribution is 7.89. The van der Waals surface area contributed by atoms with Crippen molar-refractivity contribution in [1.29, 1.82) is 0 Å². The van der Waals surface area contributed by atoms with E-state index in [1.54, 1.807) is 35.2 Å². The van der Waals surface area contributed by atoms with Crippen LogP contribution in [0.1, 0.15) is 52.5 Å². The van der Waals surface area contributed by atoms with Gasteiger partial charge in [-0.15, -0.1) is 0 Å². The van der Waals surface area contributed by atoms with Gasteiger partial charge in [0, 0.05) is 37.6 Å². The molecule has 3 rings (SSSR count). The molecule has 7 nitrogen and oxygen atoms in total. The Morgan fingerprint density at radius 3 is 2.24 bits per heavy atom. The second-order valence-electron chi connectivity index (χ2n) is 10.6. The first-order valence-corrected chi connectivity index (χ1v) is 14.3. The van der Waals surface area contributed by atoms with E-state index in [9.17, 15) is 22.4 Å². The third-order valence-corrected chi connectivity index (χ3v) is 8.42. The van der Waals surface area contributed by atoms with Crippen LogP contribution in [0.15, 0.2) is 59.5 Å². The molecule has 2 aromatic carbocycles. The van der Waals surface area contributed by atoms with Crippen LogP contribution in [0.25, 0.3) is 0 Å². The second kappa shape index (κ2) is 12.2. The van der Waals surface area contributed by atoms with Crippen LogP contribution in [0.3, 0.4) is 0 Å². The van der Waals surface area contributed by atoms with Crippen molar-refractivity contribution in [3.63, 3.8) is 0 Å². The normalized spacial score (nSPS) is 15.1. The van der Waals surface area contributed by atoms with Crippen molar-refractivity contribution in [3.05, 3.63) is 66.0 Å². The van der Waals surface area contributed by atoms with Crippen LogP contribution in [0.4, 0.5) is 4.39 Å². The molecule has 2 aromatic rings. The van der Waals surface area contributed by atoms with Crippen molar-refractivity contribution < 1.29 is 22.4 Å². The molecule has 1 fully saturated rings. The van der Waals surface area contributed by atoms with Crippen LogP contribution in [-0.2, 0) is 26.2 Å². The SMILES string of the molecule is CCCN(CC(=O)N(Cc1cccc(F)c1)C1CCN(C(=O)C(C)(C)C)CC1)S(=O)(=O)c1ccccc1. The molecule has 37 heavy (non-hydrogen) atoms. The Hall–Kier alpha value is -2.78. The van der Waals surface area contributed by atoms with Gasteiger partial charge in [0.1, 0.15) is 5.82 Å². The third-order valence-electron chi connectivity index (χ3n) is 6.56. The molecule has 0 aromatic heterocycles. The summed E-state index contributed by atoms with van der Waals surface area (Å²) in [5.41, 5.74) is 0.144. The molecule has 202 valence electrons. The minimum Gasteiger partial charge on any atom is -0.342 e. The number of rotatable bonds is 9. The number of benzene rings is 2. The molecule has 1 aliphatic heterocycles. The molecule has 0 bridgehead atoms. The van der Waals surface area contributed by atoms with E-state index in [1.165, 1.54) is 28.6 Å². The second-order valence-corrected chi connectivity index (χ2v) is 12.5. The van der Waals surface area contributed by atoms with Gasteiger partial charge in [0.05, 0.1) is 11.4 Å². The predicted octanol–water partition coefficient (Wildman–Crippen LogP) is 4.29. The number of hydrogen-bond donors (Lipinski definition) is 0. The topological polar surface area (TPSA) is 78.0 Å². The Bertz CT molecular complexity index is 1170. The molecular weight excluding hydrogens is 493 g/mol. The van der Waals surface area contributed by atoms with Gasteiger partial charge >= 0.3 is 0 Å². The third kappa shape index (κ3) is 7.38. The Labute approximate surface area is 220 Å². The first-order valence-electron chi connectivity index (χ1n) is 12.8. The maximum absolute atomic E-state index is 13.9. The summed E-state index contributed by atoms with van der Waals surface area (Å²) in [6.45, 7) is 8.61. The number of likely N-dealkylation sites (tertiary alicyclic amines) is 1. The van der Waals surface area contributed by atoms with E-state index < -0.39 is 21.3 Å². The Morgan fingerprint density at radius 1 is 1.03 bits per heavy atom. The monoisotopic (exact) mass is 531 g/mol. The van der Waals surface area contributed by atoms with Gasteiger partial charge in [-0.1, -0.05) is 58.0 Å². The minimum atomic E-state index is -3.87. The average Bonchev–Trinajstić information content (AvgIpc) is 2.86. The highest BCUT2D eigenvalue weighted by Gasteiger charge is 2.35. The van der Waals surface area contributed by atoms with Crippen LogP contribution in [0.2, 0.25) is 0 Å². The van der Waals surface area contributed by atoms with Crippen molar-refractivity contribution >= 4 is 21.8 Å². The molecule has 0 N–H and O–H groups in total. The van der Waals surface area contributed by atoms with Crippen molar-refractivity contribution in [2.75, 3.05) is 26.2 Å². The average molecular weight is 532 g/mol. The summed E-state index contributed by atoms with van der Waals surface area (Å²) in [6, 6.07) is 14.0. The zero-order chi connectivity index (χ0) is 27.2. The molecule has 0 spiro atoms. The van der Waals surface area contributed by atoms with Crippen LogP contribution in [0, 0.1) is 11.2 Å². The van der Waals surface area contributed by atoms with E-state index in [1.807, 2.05) is 32.6 Å². The van der Waals surface area contributed by atoms with Crippen molar-refractivity contribution in [3.8, 4) is 0 Å². The maximum atomic E-state index is 13.9. The number of carbonyl (C=O) groups excluding carboxylic acids is 2. The van der Waals surface area contributed by atoms with Crippen LogP contribution in [-0.4, -0.2) is 66.6 Å². The number of piperidine rings is 1. The first kappa shape index (κ1) is 28.8. The number of sulfonamides is 1. The summed E-state index contributed by atoms with van der Waals surface area (Å²) in [7, 11) is -3.87. The van der Waals surface area contributed by atoms with E-state index in [0.717, 1.165) is 0 Å². The molecule has 0 atom stereocenters. The van der Waals surface area contributed by atoms with Gasteiger partial charge in [0.15, 0.2) is 0 Å². The zero-order valence-corrected chi connectivity index (χ0v) is 23.0. The lowest BCUT2D eigenvalue weighted by molar-refractivity contribution is -0.142. The van der Waals surface area contributed by atoms with Gasteiger partial charge in [-0.2, -0.15) is 4.31 Å². The number of carbonyl (C=O) groups is 2. The maximum Gasteiger partial charge on any atom is 0.243 e. The van der Waals surface area contributed by atoms with E-state index in [-0.39, 0.29) is 42.4 Å². The van der Waals surface area contributed by atoms with E-state index in [0.29, 0.717) is 37.9 Å². The van der Waals surface area contributed by atoms with Gasteiger partial charge in [-0.3, -0.25) is 9.59 Å². The first-order chi connectivity index (χ1) is 17.4. The summed E-state index contributed by atoms with van der Waals surface area (Å²) < 4.78 is 41.8. The van der Waals surface area contributed by atoms with Gasteiger partial charge < -0.3 is 9.80 Å². The predicted molar refractivity (Wildman–Crippen MR) is 141 cm³/mol. The van der Waals surface area contributed by atoms with E-state index in [4.69, 9.17) is 0 Å². The van der Waals surface area contributed by atoms with Gasteiger partial charge in [-0.05, 0) is 49.1 Å². The van der Waals surface area contributed by atoms with Crippen LogP contribution < -0.4 is 0 Å². The summed E-state index contributed by atoms with van der Waals surface area (Å²) in [4.78, 5) is 30.1. The van der Waals surface area contributed by atoms with E-state index in [2.05, 4.69) is 0 Å². The largest absolute Gasteiger partial charge is 0.342 e. The van der Waals surface area contributed by atoms with Gasteiger partial charge in [0.2, 0.25) is 21.8 Å². The molecular formula is C28H38FN3O4S. The highest BCUT2D eigenvalue weighted by atomic mass is 32.2. The lowest BCUT2D eigenvalue weighted by Gasteiger charge is -2.41. The van der Waals surface area contributed by atoms with Gasteiger partial charge in [0.25, 0.3) is 0 Å². The smallest absolute Gasteiger partial charge is 0.243 e. The number of hydrogen-bond acceptors (Lipinski definition) is 4. The molecule has 0 saturated carbocycles. The molecule has 2 amide bonds. The molecule has 1 saturated heterocycles. The summed E-state index contributed by atoms with van der Waals surface area (Å²) in [5.74, 6) is -0.662. The lowest BCUT2D eigenvalue weighted by atomic mass is 9.92. The summed E-state index contributed by atoms with van der Waals surface area (Å²) >= 11 is 0. The van der Waals surface area contributed by atoms with Crippen molar-refractivity contribution in [2.45, 2.75) is 64.4 Å². The minimum absolute atomic E-state index is 0.0667. The fraction of sp³-hybridized carbons (Fsp3) is 0.500. The zero-order valence-electron chi connectivity index (χ0n) is 22.2. The lowest BCUT2D eigenvalue weighted by Crippen LogP contribution is -2.52. The van der Waals surface area contributed by atoms with Gasteiger partial charge in [-0.25, -0.2) is 12.8 Å². The fourth-order valence-electron chi connectivity index (χ4n) is 4.62. The number of nitrogens with zero attached hydrogens (tertiary/aromatic N) is 3. The molecule has 0 unspecified atom stereocenters. The van der Waals surface area contributed by atoms with Crippen LogP contribution >= 0.6 is 0 Å². The van der Waals surface area contributed by atoms with Crippen molar-refractivity contribution in [2.24, 2.45) is 5.41 Å². The van der Waals surface area contributed by atoms with Crippen molar-refractivity contribution in [1.82, 2.24) is 14.1 Å². The standard InChI is InChI=1S/C28H38FN3O4S/c1-5-16-31(37(35,36)25-12-7-6-8-13-25)21-26(33)32(20-22-10-9-11-23(29)19-22)24-14-17-30(18-15-24)27(34)28(2,3)4/h6-13,19,24H,5,14-18,20-21H2,1-4H3. The van der Waals surface area contributed by atoms with Crippen LogP contribution in [0.5, 0.6) is 0 Å². The molecule has 1 aliphatic rings. The summed E-state index contributed by atoms with van der Waals surface area (Å²) in [5, 5.41) is 0. The number of amides is 2.